The first-order valence-electron chi connectivity index (χ1n) is 5.33. The molecule has 0 spiro atoms. The van der Waals surface area contributed by atoms with Crippen molar-refractivity contribution in [3.63, 3.8) is 0 Å². The summed E-state index contributed by atoms with van der Waals surface area (Å²) in [6, 6.07) is 3.71. The third kappa shape index (κ3) is 5.35. The van der Waals surface area contributed by atoms with Crippen molar-refractivity contribution in [2.45, 2.75) is 6.42 Å². The summed E-state index contributed by atoms with van der Waals surface area (Å²) in [5, 5.41) is 4.79. The molecule has 0 aliphatic rings. The molecule has 0 aliphatic heterocycles. The van der Waals surface area contributed by atoms with Crippen LogP contribution in [-0.2, 0) is 16.0 Å². The first kappa shape index (κ1) is 14.0. The second-order valence-electron chi connectivity index (χ2n) is 3.52. The van der Waals surface area contributed by atoms with Gasteiger partial charge in [-0.1, -0.05) is 18.3 Å². The Morgan fingerprint density at radius 1 is 1.33 bits per heavy atom. The molecule has 1 aromatic heterocycles. The maximum Gasteiger partial charge on any atom is 0.309 e. The minimum atomic E-state index is -0.742. The van der Waals surface area contributed by atoms with Crippen molar-refractivity contribution in [3.05, 3.63) is 30.1 Å². The number of nitrogens with zero attached hydrogens (tertiary/aromatic N) is 1. The van der Waals surface area contributed by atoms with Gasteiger partial charge in [0.15, 0.2) is 0 Å². The van der Waals surface area contributed by atoms with Gasteiger partial charge in [0.05, 0.1) is 11.5 Å². The van der Waals surface area contributed by atoms with Gasteiger partial charge in [0.1, 0.15) is 0 Å². The third-order valence-electron chi connectivity index (χ3n) is 2.05. The fourth-order valence-corrected chi connectivity index (χ4v) is 1.27. The Hall–Kier alpha value is -2.02. The van der Waals surface area contributed by atoms with E-state index in [0.717, 1.165) is 5.56 Å². The van der Waals surface area contributed by atoms with Crippen molar-refractivity contribution in [1.82, 2.24) is 15.6 Å². The largest absolute Gasteiger partial charge is 0.392 e. The van der Waals surface area contributed by atoms with Crippen LogP contribution >= 0.6 is 12.2 Å². The van der Waals surface area contributed by atoms with Gasteiger partial charge in [-0.25, -0.2) is 0 Å². The highest BCUT2D eigenvalue weighted by Gasteiger charge is 2.11. The number of thiocarbonyl (C=S) groups is 1. The van der Waals surface area contributed by atoms with Crippen LogP contribution < -0.4 is 16.4 Å². The molecule has 0 aromatic carbocycles. The molecule has 0 radical (unpaired) electrons. The van der Waals surface area contributed by atoms with Gasteiger partial charge in [-0.05, 0) is 18.1 Å². The number of hydrogen-bond acceptors (Lipinski definition) is 4. The van der Waals surface area contributed by atoms with Crippen LogP contribution in [0.3, 0.4) is 0 Å². The first-order chi connectivity index (χ1) is 8.59. The fraction of sp³-hybridized carbons (Fsp3) is 0.273. The quantitative estimate of drug-likeness (QED) is 0.476. The van der Waals surface area contributed by atoms with Gasteiger partial charge in [0, 0.05) is 18.9 Å². The standard InChI is InChI=1S/C11H14N4O2S/c12-9(18)7-15-11(17)10(16)14-5-3-8-2-1-4-13-6-8/h1-2,4,6H,3,5,7H2,(H2,12,18)(H,14,16)(H,15,17). The normalized spacial score (nSPS) is 9.56. The van der Waals surface area contributed by atoms with Crippen LogP contribution in [0.2, 0.25) is 0 Å². The smallest absolute Gasteiger partial charge is 0.309 e. The molecule has 6 nitrogen and oxygen atoms in total. The minimum absolute atomic E-state index is 0.0180. The molecule has 0 bridgehead atoms. The molecule has 7 heteroatoms. The van der Waals surface area contributed by atoms with E-state index in [9.17, 15) is 9.59 Å². The average molecular weight is 266 g/mol. The van der Waals surface area contributed by atoms with E-state index in [1.54, 1.807) is 12.4 Å². The fourth-order valence-electron chi connectivity index (χ4n) is 1.19. The van der Waals surface area contributed by atoms with Gasteiger partial charge >= 0.3 is 11.8 Å². The van der Waals surface area contributed by atoms with Crippen LogP contribution in [0.25, 0.3) is 0 Å². The Labute approximate surface area is 110 Å². The lowest BCUT2D eigenvalue weighted by Gasteiger charge is -2.05. The predicted molar refractivity (Wildman–Crippen MR) is 70.7 cm³/mol. The molecule has 4 N–H and O–H groups in total. The van der Waals surface area contributed by atoms with Crippen molar-refractivity contribution in [3.8, 4) is 0 Å². The van der Waals surface area contributed by atoms with Gasteiger partial charge < -0.3 is 16.4 Å². The second kappa shape index (κ2) is 7.33. The first-order valence-corrected chi connectivity index (χ1v) is 5.73. The van der Waals surface area contributed by atoms with Gasteiger partial charge in [0.25, 0.3) is 0 Å². The number of nitrogens with two attached hydrogens (primary N) is 1. The van der Waals surface area contributed by atoms with Gasteiger partial charge in [-0.15, -0.1) is 0 Å². The van der Waals surface area contributed by atoms with Gasteiger partial charge in [-0.3, -0.25) is 14.6 Å². The lowest BCUT2D eigenvalue weighted by Crippen LogP contribution is -2.43. The summed E-state index contributed by atoms with van der Waals surface area (Å²) < 4.78 is 0. The summed E-state index contributed by atoms with van der Waals surface area (Å²) in [4.78, 5) is 26.6. The van der Waals surface area contributed by atoms with E-state index < -0.39 is 11.8 Å². The zero-order chi connectivity index (χ0) is 13.4. The minimum Gasteiger partial charge on any atom is -0.392 e. The lowest BCUT2D eigenvalue weighted by atomic mass is 10.2. The average Bonchev–Trinajstić information content (AvgIpc) is 2.37. The Kier molecular flexibility index (Phi) is 5.72. The Balaban J connectivity index is 2.24. The maximum absolute atomic E-state index is 11.3. The summed E-state index contributed by atoms with van der Waals surface area (Å²) in [7, 11) is 0. The molecule has 0 saturated heterocycles. The van der Waals surface area contributed by atoms with E-state index in [1.807, 2.05) is 12.1 Å². The maximum atomic E-state index is 11.3. The highest BCUT2D eigenvalue weighted by Crippen LogP contribution is 1.95. The molecule has 1 aromatic rings. The van der Waals surface area contributed by atoms with Crippen molar-refractivity contribution >= 4 is 29.0 Å². The van der Waals surface area contributed by atoms with E-state index in [4.69, 9.17) is 5.73 Å². The number of carbonyl (C=O) groups excluding carboxylic acids is 2. The van der Waals surface area contributed by atoms with Crippen LogP contribution in [0.5, 0.6) is 0 Å². The SMILES string of the molecule is NC(=S)CNC(=O)C(=O)NCCc1cccnc1. The van der Waals surface area contributed by atoms with Crippen molar-refractivity contribution < 1.29 is 9.59 Å². The molecular formula is C11H14N4O2S. The Morgan fingerprint density at radius 3 is 2.67 bits per heavy atom. The topological polar surface area (TPSA) is 97.1 Å². The number of nitrogens with one attached hydrogen (secondary N) is 2. The molecule has 0 saturated carbocycles. The third-order valence-corrected chi connectivity index (χ3v) is 2.20. The zero-order valence-corrected chi connectivity index (χ0v) is 10.5. The van der Waals surface area contributed by atoms with E-state index in [0.29, 0.717) is 13.0 Å². The second-order valence-corrected chi connectivity index (χ2v) is 4.04. The summed E-state index contributed by atoms with van der Waals surface area (Å²) >= 11 is 4.58. The van der Waals surface area contributed by atoms with E-state index in [2.05, 4.69) is 27.8 Å². The lowest BCUT2D eigenvalue weighted by molar-refractivity contribution is -0.139. The van der Waals surface area contributed by atoms with Crippen molar-refractivity contribution in [2.24, 2.45) is 5.73 Å². The van der Waals surface area contributed by atoms with Crippen LogP contribution in [0.15, 0.2) is 24.5 Å². The molecule has 0 unspecified atom stereocenters. The number of rotatable bonds is 5. The molecule has 0 aliphatic carbocycles. The zero-order valence-electron chi connectivity index (χ0n) is 9.68. The van der Waals surface area contributed by atoms with Crippen LogP contribution in [-0.4, -0.2) is 34.9 Å². The number of pyridine rings is 1. The van der Waals surface area contributed by atoms with E-state index in [-0.39, 0.29) is 11.5 Å². The molecular weight excluding hydrogens is 252 g/mol. The van der Waals surface area contributed by atoms with E-state index >= 15 is 0 Å². The summed E-state index contributed by atoms with van der Waals surface area (Å²) in [5.41, 5.74) is 6.18. The predicted octanol–water partition coefficient (Wildman–Crippen LogP) is -0.857. The van der Waals surface area contributed by atoms with Gasteiger partial charge in [-0.2, -0.15) is 0 Å². The highest BCUT2D eigenvalue weighted by molar-refractivity contribution is 7.80. The highest BCUT2D eigenvalue weighted by atomic mass is 32.1. The number of carbonyl (C=O) groups is 2. The number of aromatic nitrogens is 1. The summed E-state index contributed by atoms with van der Waals surface area (Å²) in [5.74, 6) is -1.44. The van der Waals surface area contributed by atoms with Gasteiger partial charge in [0.2, 0.25) is 0 Å². The van der Waals surface area contributed by atoms with Crippen LogP contribution in [0.1, 0.15) is 5.56 Å². The molecule has 2 amide bonds. The van der Waals surface area contributed by atoms with Crippen LogP contribution in [0.4, 0.5) is 0 Å². The Bertz CT molecular complexity index is 436. The summed E-state index contributed by atoms with van der Waals surface area (Å²) in [6.07, 6.45) is 3.99. The molecule has 18 heavy (non-hydrogen) atoms. The van der Waals surface area contributed by atoms with Crippen molar-refractivity contribution in [1.29, 1.82) is 0 Å². The van der Waals surface area contributed by atoms with Crippen LogP contribution in [0, 0.1) is 0 Å². The summed E-state index contributed by atoms with van der Waals surface area (Å²) in [6.45, 7) is 0.384. The molecule has 0 fully saturated rings. The molecule has 96 valence electrons. The number of amides is 2. The number of hydrogen-bond donors (Lipinski definition) is 3. The monoisotopic (exact) mass is 266 g/mol. The molecule has 1 rings (SSSR count). The van der Waals surface area contributed by atoms with Crippen molar-refractivity contribution in [2.75, 3.05) is 13.1 Å². The molecule has 1 heterocycles. The molecule has 0 atom stereocenters. The van der Waals surface area contributed by atoms with E-state index in [1.165, 1.54) is 0 Å². The Morgan fingerprint density at radius 2 is 2.06 bits per heavy atom.